The molecule has 23 heavy (non-hydrogen) atoms. The molecule has 0 amide bonds. The molecule has 5 heteroatoms. The first-order chi connectivity index (χ1) is 11.3. The molecule has 3 rings (SSSR count). The van der Waals surface area contributed by atoms with E-state index >= 15 is 0 Å². The van der Waals surface area contributed by atoms with Crippen molar-refractivity contribution < 1.29 is 4.74 Å². The third kappa shape index (κ3) is 3.78. The van der Waals surface area contributed by atoms with Crippen molar-refractivity contribution in [1.82, 2.24) is 15.2 Å². The molecule has 0 spiro atoms. The quantitative estimate of drug-likeness (QED) is 0.847. The monoisotopic (exact) mass is 312 g/mol. The first-order valence-corrected chi connectivity index (χ1v) is 8.51. The van der Waals surface area contributed by atoms with Gasteiger partial charge in [-0.15, -0.1) is 5.10 Å². The van der Waals surface area contributed by atoms with Gasteiger partial charge in [0.25, 0.3) is 0 Å². The summed E-state index contributed by atoms with van der Waals surface area (Å²) in [5, 5.41) is 11.7. The lowest BCUT2D eigenvalue weighted by molar-refractivity contribution is 0.119. The zero-order valence-electron chi connectivity index (χ0n) is 13.9. The first kappa shape index (κ1) is 15.7. The summed E-state index contributed by atoms with van der Waals surface area (Å²) in [6.07, 6.45) is 5.70. The Morgan fingerprint density at radius 2 is 1.87 bits per heavy atom. The van der Waals surface area contributed by atoms with Crippen LogP contribution in [0.1, 0.15) is 50.1 Å². The van der Waals surface area contributed by atoms with E-state index in [1.54, 1.807) is 0 Å². The van der Waals surface area contributed by atoms with Crippen LogP contribution in [-0.2, 0) is 19.4 Å². The fourth-order valence-electron chi connectivity index (χ4n) is 2.62. The molecule has 0 aliphatic heterocycles. The van der Waals surface area contributed by atoms with Crippen molar-refractivity contribution in [2.24, 2.45) is 0 Å². The lowest BCUT2D eigenvalue weighted by Gasteiger charge is -2.27. The van der Waals surface area contributed by atoms with E-state index in [0.717, 1.165) is 48.4 Å². The molecule has 1 fully saturated rings. The maximum Gasteiger partial charge on any atom is 0.243 e. The predicted octanol–water partition coefficient (Wildman–Crippen LogP) is 3.54. The minimum absolute atomic E-state index is 0.379. The van der Waals surface area contributed by atoms with Crippen molar-refractivity contribution in [2.45, 2.75) is 58.6 Å². The second-order valence-electron chi connectivity index (χ2n) is 5.87. The normalized spacial score (nSPS) is 14.3. The lowest BCUT2D eigenvalue weighted by atomic mass is 9.96. The first-order valence-electron chi connectivity index (χ1n) is 8.51. The van der Waals surface area contributed by atoms with E-state index in [-0.39, 0.29) is 0 Å². The van der Waals surface area contributed by atoms with Crippen molar-refractivity contribution in [1.29, 1.82) is 0 Å². The van der Waals surface area contributed by atoms with Gasteiger partial charge in [-0.25, -0.2) is 4.98 Å². The Bertz CT molecular complexity index is 655. The maximum absolute atomic E-state index is 6.05. The van der Waals surface area contributed by atoms with Gasteiger partial charge in [-0.2, -0.15) is 5.10 Å². The van der Waals surface area contributed by atoms with E-state index < -0.39 is 0 Å². The Morgan fingerprint density at radius 1 is 1.09 bits per heavy atom. The minimum atomic E-state index is 0.379. The fraction of sp³-hybridized carbons (Fsp3) is 0.500. The van der Waals surface area contributed by atoms with Crippen LogP contribution >= 0.6 is 0 Å². The van der Waals surface area contributed by atoms with Crippen molar-refractivity contribution >= 4 is 5.95 Å². The van der Waals surface area contributed by atoms with Gasteiger partial charge in [0.1, 0.15) is 5.75 Å². The minimum Gasteiger partial charge on any atom is -0.490 e. The van der Waals surface area contributed by atoms with E-state index in [9.17, 15) is 0 Å². The summed E-state index contributed by atoms with van der Waals surface area (Å²) in [6, 6.07) is 8.16. The molecule has 2 aromatic rings. The number of rotatable bonds is 7. The van der Waals surface area contributed by atoms with Crippen LogP contribution in [0.25, 0.3) is 0 Å². The highest BCUT2D eigenvalue weighted by Gasteiger charge is 2.20. The van der Waals surface area contributed by atoms with Crippen molar-refractivity contribution in [3.8, 4) is 5.75 Å². The molecular formula is C18H24N4O. The van der Waals surface area contributed by atoms with Gasteiger partial charge in [0, 0.05) is 12.1 Å². The topological polar surface area (TPSA) is 59.9 Å². The van der Waals surface area contributed by atoms with Crippen LogP contribution in [-0.4, -0.2) is 21.3 Å². The molecule has 0 atom stereocenters. The number of hydrogen-bond donors (Lipinski definition) is 1. The van der Waals surface area contributed by atoms with Crippen LogP contribution in [0.3, 0.4) is 0 Å². The highest BCUT2D eigenvalue weighted by atomic mass is 16.5. The molecule has 1 heterocycles. The van der Waals surface area contributed by atoms with Crippen LogP contribution < -0.4 is 10.1 Å². The molecule has 1 aromatic heterocycles. The zero-order chi connectivity index (χ0) is 16.1. The summed E-state index contributed by atoms with van der Waals surface area (Å²) in [5.41, 5.74) is 3.12. The number of nitrogens with zero attached hydrogens (tertiary/aromatic N) is 3. The number of nitrogens with one attached hydrogen (secondary N) is 1. The lowest BCUT2D eigenvalue weighted by Crippen LogP contribution is -2.25. The predicted molar refractivity (Wildman–Crippen MR) is 90.6 cm³/mol. The van der Waals surface area contributed by atoms with Gasteiger partial charge < -0.3 is 10.1 Å². The molecule has 0 saturated heterocycles. The second-order valence-corrected chi connectivity index (χ2v) is 5.87. The van der Waals surface area contributed by atoms with Crippen molar-refractivity contribution in [3.05, 3.63) is 41.2 Å². The Labute approximate surface area is 137 Å². The van der Waals surface area contributed by atoms with E-state index in [0.29, 0.717) is 18.6 Å². The molecule has 1 aliphatic rings. The highest BCUT2D eigenvalue weighted by Crippen LogP contribution is 2.27. The molecule has 1 N–H and O–H groups in total. The smallest absolute Gasteiger partial charge is 0.243 e. The molecular weight excluding hydrogens is 288 g/mol. The van der Waals surface area contributed by atoms with Crippen molar-refractivity contribution in [2.75, 3.05) is 5.32 Å². The number of para-hydroxylation sites is 1. The standard InChI is InChI=1S/C18H24N4O/c1-3-15-16(4-2)21-22-18(20-15)19-12-13-8-5-6-11-17(13)23-14-9-7-10-14/h5-6,8,11,14H,3-4,7,9-10,12H2,1-2H3,(H,19,20,22). The summed E-state index contributed by atoms with van der Waals surface area (Å²) >= 11 is 0. The molecule has 5 nitrogen and oxygen atoms in total. The number of aromatic nitrogens is 3. The molecule has 1 aliphatic carbocycles. The van der Waals surface area contributed by atoms with Gasteiger partial charge in [-0.1, -0.05) is 32.0 Å². The molecule has 1 saturated carbocycles. The Morgan fingerprint density at radius 3 is 2.57 bits per heavy atom. The van der Waals surface area contributed by atoms with Crippen LogP contribution in [0, 0.1) is 0 Å². The van der Waals surface area contributed by atoms with E-state index in [4.69, 9.17) is 4.74 Å². The van der Waals surface area contributed by atoms with E-state index in [2.05, 4.69) is 40.4 Å². The van der Waals surface area contributed by atoms with Gasteiger partial charge in [0.2, 0.25) is 5.95 Å². The van der Waals surface area contributed by atoms with Crippen LogP contribution in [0.15, 0.2) is 24.3 Å². The summed E-state index contributed by atoms with van der Waals surface area (Å²) in [6.45, 7) is 4.81. The number of benzene rings is 1. The molecule has 1 aromatic carbocycles. The summed E-state index contributed by atoms with van der Waals surface area (Å²) in [7, 11) is 0. The summed E-state index contributed by atoms with van der Waals surface area (Å²) in [5.74, 6) is 1.54. The third-order valence-corrected chi connectivity index (χ3v) is 4.26. The number of aryl methyl sites for hydroxylation is 2. The van der Waals surface area contributed by atoms with Gasteiger partial charge in [0.05, 0.1) is 17.5 Å². The largest absolute Gasteiger partial charge is 0.490 e. The van der Waals surface area contributed by atoms with E-state index in [1.165, 1.54) is 6.42 Å². The Kier molecular flexibility index (Phi) is 5.05. The maximum atomic E-state index is 6.05. The number of anilines is 1. The number of ether oxygens (including phenoxy) is 1. The van der Waals surface area contributed by atoms with Gasteiger partial charge in [-0.05, 0) is 38.2 Å². The van der Waals surface area contributed by atoms with Crippen LogP contribution in [0.2, 0.25) is 0 Å². The number of hydrogen-bond acceptors (Lipinski definition) is 5. The summed E-state index contributed by atoms with van der Waals surface area (Å²) < 4.78 is 6.05. The third-order valence-electron chi connectivity index (χ3n) is 4.26. The Balaban J connectivity index is 1.68. The summed E-state index contributed by atoms with van der Waals surface area (Å²) in [4.78, 5) is 4.57. The van der Waals surface area contributed by atoms with Crippen molar-refractivity contribution in [3.63, 3.8) is 0 Å². The molecule has 0 unspecified atom stereocenters. The molecule has 122 valence electrons. The average molecular weight is 312 g/mol. The van der Waals surface area contributed by atoms with Gasteiger partial charge in [0.15, 0.2) is 0 Å². The Hall–Kier alpha value is -2.17. The SMILES string of the molecule is CCc1nnc(NCc2ccccc2OC2CCC2)nc1CC. The van der Waals surface area contributed by atoms with Crippen LogP contribution in [0.4, 0.5) is 5.95 Å². The second kappa shape index (κ2) is 7.40. The highest BCUT2D eigenvalue weighted by molar-refractivity contribution is 5.37. The average Bonchev–Trinajstić information content (AvgIpc) is 2.56. The fourth-order valence-corrected chi connectivity index (χ4v) is 2.62. The molecule has 0 bridgehead atoms. The van der Waals surface area contributed by atoms with Crippen LogP contribution in [0.5, 0.6) is 5.75 Å². The molecule has 0 radical (unpaired) electrons. The van der Waals surface area contributed by atoms with Gasteiger partial charge >= 0.3 is 0 Å². The van der Waals surface area contributed by atoms with E-state index in [1.807, 2.05) is 18.2 Å². The van der Waals surface area contributed by atoms with Gasteiger partial charge in [-0.3, -0.25) is 0 Å². The zero-order valence-corrected chi connectivity index (χ0v) is 13.9.